The first-order valence-electron chi connectivity index (χ1n) is 8.73. The van der Waals surface area contributed by atoms with Crippen molar-refractivity contribution >= 4 is 17.5 Å². The number of ether oxygens (including phenoxy) is 1. The number of hydrogen-bond donors (Lipinski definition) is 1. The maximum atomic E-state index is 12.7. The maximum Gasteiger partial charge on any atom is 0.416 e. The molecule has 1 aromatic carbocycles. The summed E-state index contributed by atoms with van der Waals surface area (Å²) in [6.07, 6.45) is -3.15. The molecule has 0 saturated carbocycles. The molecule has 1 aliphatic heterocycles. The molecule has 0 unspecified atom stereocenters. The SMILES string of the molecule is Cn1cc(C(=O)N2CCOCC2)cc(NC(=O)c2ccc(C(F)(F)F)cc2)c1=O. The fraction of sp³-hybridized carbons (Fsp3) is 0.316. The van der Waals surface area contributed by atoms with Gasteiger partial charge >= 0.3 is 6.18 Å². The minimum Gasteiger partial charge on any atom is -0.378 e. The number of nitrogens with one attached hydrogen (secondary N) is 1. The predicted molar refractivity (Wildman–Crippen MR) is 97.8 cm³/mol. The van der Waals surface area contributed by atoms with Gasteiger partial charge in [-0.15, -0.1) is 0 Å². The van der Waals surface area contributed by atoms with Gasteiger partial charge in [-0.25, -0.2) is 0 Å². The number of aryl methyl sites for hydroxylation is 1. The summed E-state index contributed by atoms with van der Waals surface area (Å²) in [5, 5.41) is 2.37. The highest BCUT2D eigenvalue weighted by molar-refractivity contribution is 6.05. The highest BCUT2D eigenvalue weighted by atomic mass is 19.4. The predicted octanol–water partition coefficient (Wildman–Crippen LogP) is 2.13. The monoisotopic (exact) mass is 409 g/mol. The van der Waals surface area contributed by atoms with Crippen LogP contribution in [0.5, 0.6) is 0 Å². The number of alkyl halides is 3. The summed E-state index contributed by atoms with van der Waals surface area (Å²) in [5.74, 6) is -1.07. The van der Waals surface area contributed by atoms with E-state index in [4.69, 9.17) is 4.74 Å². The number of pyridine rings is 1. The van der Waals surface area contributed by atoms with Crippen LogP contribution in [0.4, 0.5) is 18.9 Å². The Morgan fingerprint density at radius 1 is 1.07 bits per heavy atom. The molecule has 3 rings (SSSR count). The van der Waals surface area contributed by atoms with Crippen LogP contribution in [-0.4, -0.2) is 47.6 Å². The molecule has 0 bridgehead atoms. The number of rotatable bonds is 3. The molecular formula is C19H18F3N3O4. The molecular weight excluding hydrogens is 391 g/mol. The summed E-state index contributed by atoms with van der Waals surface area (Å²) < 4.78 is 44.3. The molecule has 2 amide bonds. The second-order valence-electron chi connectivity index (χ2n) is 6.49. The van der Waals surface area contributed by atoms with Crippen LogP contribution in [0.15, 0.2) is 41.3 Å². The minimum atomic E-state index is -4.51. The molecule has 2 heterocycles. The Labute approximate surface area is 163 Å². The summed E-state index contributed by atoms with van der Waals surface area (Å²) >= 11 is 0. The van der Waals surface area contributed by atoms with E-state index in [-0.39, 0.29) is 22.7 Å². The smallest absolute Gasteiger partial charge is 0.378 e. The first kappa shape index (κ1) is 20.6. The summed E-state index contributed by atoms with van der Waals surface area (Å²) in [6, 6.07) is 4.87. The number of anilines is 1. The van der Waals surface area contributed by atoms with Crippen LogP contribution in [-0.2, 0) is 18.0 Å². The second-order valence-corrected chi connectivity index (χ2v) is 6.49. The van der Waals surface area contributed by atoms with Crippen molar-refractivity contribution in [1.29, 1.82) is 0 Å². The molecule has 0 atom stereocenters. The number of carbonyl (C=O) groups is 2. The van der Waals surface area contributed by atoms with E-state index < -0.39 is 23.2 Å². The van der Waals surface area contributed by atoms with Crippen molar-refractivity contribution in [1.82, 2.24) is 9.47 Å². The van der Waals surface area contributed by atoms with Gasteiger partial charge < -0.3 is 19.5 Å². The third-order valence-electron chi connectivity index (χ3n) is 4.45. The third kappa shape index (κ3) is 4.65. The lowest BCUT2D eigenvalue weighted by atomic mass is 10.1. The molecule has 10 heteroatoms. The molecule has 29 heavy (non-hydrogen) atoms. The van der Waals surface area contributed by atoms with E-state index in [0.717, 1.165) is 28.8 Å². The van der Waals surface area contributed by atoms with E-state index in [0.29, 0.717) is 26.3 Å². The number of benzene rings is 1. The van der Waals surface area contributed by atoms with Gasteiger partial charge in [0.05, 0.1) is 24.3 Å². The number of hydrogen-bond acceptors (Lipinski definition) is 4. The summed E-state index contributed by atoms with van der Waals surface area (Å²) in [7, 11) is 1.44. The quantitative estimate of drug-likeness (QED) is 0.842. The van der Waals surface area contributed by atoms with E-state index in [1.165, 1.54) is 19.3 Å². The Kier molecular flexibility index (Phi) is 5.73. The van der Waals surface area contributed by atoms with Crippen LogP contribution < -0.4 is 10.9 Å². The fourth-order valence-electron chi connectivity index (χ4n) is 2.87. The average molecular weight is 409 g/mol. The first-order valence-corrected chi connectivity index (χ1v) is 8.73. The van der Waals surface area contributed by atoms with E-state index in [1.807, 2.05) is 0 Å². The molecule has 0 radical (unpaired) electrons. The van der Waals surface area contributed by atoms with Gasteiger partial charge in [-0.2, -0.15) is 13.2 Å². The van der Waals surface area contributed by atoms with E-state index in [2.05, 4.69) is 5.32 Å². The van der Waals surface area contributed by atoms with E-state index in [1.54, 1.807) is 4.90 Å². The number of amides is 2. The van der Waals surface area contributed by atoms with Crippen LogP contribution in [0.2, 0.25) is 0 Å². The zero-order valence-electron chi connectivity index (χ0n) is 15.5. The van der Waals surface area contributed by atoms with Crippen molar-refractivity contribution in [2.24, 2.45) is 7.05 Å². The second kappa shape index (κ2) is 8.08. The molecule has 1 aliphatic rings. The minimum absolute atomic E-state index is 0.0510. The molecule has 1 N–H and O–H groups in total. The highest BCUT2D eigenvalue weighted by Gasteiger charge is 2.30. The molecule has 0 aliphatic carbocycles. The first-order chi connectivity index (χ1) is 13.7. The van der Waals surface area contributed by atoms with Gasteiger partial charge in [-0.3, -0.25) is 14.4 Å². The van der Waals surface area contributed by atoms with Crippen molar-refractivity contribution in [2.75, 3.05) is 31.6 Å². The van der Waals surface area contributed by atoms with Gasteiger partial charge in [-0.1, -0.05) is 0 Å². The third-order valence-corrected chi connectivity index (χ3v) is 4.45. The van der Waals surface area contributed by atoms with Crippen molar-refractivity contribution in [3.8, 4) is 0 Å². The Morgan fingerprint density at radius 2 is 1.69 bits per heavy atom. The summed E-state index contributed by atoms with van der Waals surface area (Å²) in [5.41, 5.74) is -1.43. The Hall–Kier alpha value is -3.14. The zero-order chi connectivity index (χ0) is 21.2. The lowest BCUT2D eigenvalue weighted by molar-refractivity contribution is -0.137. The van der Waals surface area contributed by atoms with Crippen LogP contribution in [0.3, 0.4) is 0 Å². The van der Waals surface area contributed by atoms with Gasteiger partial charge in [0.15, 0.2) is 0 Å². The average Bonchev–Trinajstić information content (AvgIpc) is 2.70. The molecule has 1 fully saturated rings. The zero-order valence-corrected chi connectivity index (χ0v) is 15.5. The molecule has 0 spiro atoms. The lowest BCUT2D eigenvalue weighted by Crippen LogP contribution is -2.41. The number of halogens is 3. The Bertz CT molecular complexity index is 978. The largest absolute Gasteiger partial charge is 0.416 e. The Morgan fingerprint density at radius 3 is 2.28 bits per heavy atom. The number of morpholine rings is 1. The van der Waals surface area contributed by atoms with E-state index in [9.17, 15) is 27.6 Å². The molecule has 1 saturated heterocycles. The summed E-state index contributed by atoms with van der Waals surface area (Å²) in [6.45, 7) is 1.65. The van der Waals surface area contributed by atoms with Crippen LogP contribution in [0.25, 0.3) is 0 Å². The van der Waals surface area contributed by atoms with Gasteiger partial charge in [-0.05, 0) is 30.3 Å². The standard InChI is InChI=1S/C19H18F3N3O4/c1-24-11-13(17(27)25-6-8-29-9-7-25)10-15(18(24)28)23-16(26)12-2-4-14(5-3-12)19(20,21)22/h2-5,10-11H,6-9H2,1H3,(H,23,26). The van der Waals surface area contributed by atoms with Crippen molar-refractivity contribution in [2.45, 2.75) is 6.18 Å². The molecule has 7 nitrogen and oxygen atoms in total. The van der Waals surface area contributed by atoms with Gasteiger partial charge in [0, 0.05) is 31.9 Å². The molecule has 154 valence electrons. The van der Waals surface area contributed by atoms with Gasteiger partial charge in [0.2, 0.25) is 0 Å². The fourth-order valence-corrected chi connectivity index (χ4v) is 2.87. The van der Waals surface area contributed by atoms with E-state index >= 15 is 0 Å². The van der Waals surface area contributed by atoms with Crippen molar-refractivity contribution < 1.29 is 27.5 Å². The van der Waals surface area contributed by atoms with Gasteiger partial charge in [0.25, 0.3) is 17.4 Å². The molecule has 1 aromatic heterocycles. The van der Waals surface area contributed by atoms with Crippen molar-refractivity contribution in [3.63, 3.8) is 0 Å². The number of nitrogens with zero attached hydrogens (tertiary/aromatic N) is 2. The number of carbonyl (C=O) groups excluding carboxylic acids is 2. The molecule has 2 aromatic rings. The van der Waals surface area contributed by atoms with Crippen LogP contribution >= 0.6 is 0 Å². The maximum absolute atomic E-state index is 12.7. The normalized spacial score (nSPS) is 14.6. The summed E-state index contributed by atoms with van der Waals surface area (Å²) in [4.78, 5) is 38.9. The highest BCUT2D eigenvalue weighted by Crippen LogP contribution is 2.29. The van der Waals surface area contributed by atoms with Gasteiger partial charge in [0.1, 0.15) is 5.69 Å². The number of aromatic nitrogens is 1. The van der Waals surface area contributed by atoms with Crippen LogP contribution in [0, 0.1) is 0 Å². The van der Waals surface area contributed by atoms with Crippen LogP contribution in [0.1, 0.15) is 26.3 Å². The van der Waals surface area contributed by atoms with Crippen molar-refractivity contribution in [3.05, 3.63) is 63.6 Å². The lowest BCUT2D eigenvalue weighted by Gasteiger charge is -2.27. The Balaban J connectivity index is 1.83. The topological polar surface area (TPSA) is 80.6 Å².